The summed E-state index contributed by atoms with van der Waals surface area (Å²) in [5, 5.41) is 11.1. The van der Waals surface area contributed by atoms with Crippen LogP contribution in [0.4, 0.5) is 0 Å². The fourth-order valence-corrected chi connectivity index (χ4v) is 6.10. The van der Waals surface area contributed by atoms with Crippen LogP contribution in [0.3, 0.4) is 0 Å². The van der Waals surface area contributed by atoms with Gasteiger partial charge in [-0.05, 0) is 38.5 Å². The van der Waals surface area contributed by atoms with Gasteiger partial charge in [0.25, 0.3) is 0 Å². The fourth-order valence-electron chi connectivity index (χ4n) is 6.10. The molecule has 1 unspecified atom stereocenters. The summed E-state index contributed by atoms with van der Waals surface area (Å²) in [5.41, 5.74) is 0. The summed E-state index contributed by atoms with van der Waals surface area (Å²) in [5.74, 6) is -1.22. The molecule has 0 aromatic rings. The van der Waals surface area contributed by atoms with Gasteiger partial charge in [0.15, 0.2) is 0 Å². The Balaban J connectivity index is 4.14. The van der Waals surface area contributed by atoms with Crippen LogP contribution < -0.4 is 5.32 Å². The first-order chi connectivity index (χ1) is 22.0. The Bertz CT molecular complexity index is 668. The Labute approximate surface area is 279 Å². The standard InChI is InChI=1S/C39H75NO5/c1-3-5-7-9-11-13-15-16-17-18-20-23-27-31-36(32-28-24-22-25-29-33-37(41)40-35-38(42)43)45-39(44)34-30-26-21-19-14-12-10-8-6-4-2/h36H,3-35H2,1-2H3,(H,40,41)(H,42,43). The lowest BCUT2D eigenvalue weighted by molar-refractivity contribution is -0.150. The van der Waals surface area contributed by atoms with E-state index in [1.54, 1.807) is 0 Å². The van der Waals surface area contributed by atoms with Crippen LogP contribution in [-0.2, 0) is 19.1 Å². The number of carbonyl (C=O) groups excluding carboxylic acids is 2. The van der Waals surface area contributed by atoms with E-state index >= 15 is 0 Å². The van der Waals surface area contributed by atoms with Crippen molar-refractivity contribution in [3.8, 4) is 0 Å². The molecule has 0 aliphatic carbocycles. The molecular formula is C39H75NO5. The molecule has 6 heteroatoms. The Hall–Kier alpha value is -1.59. The van der Waals surface area contributed by atoms with Crippen LogP contribution in [0.2, 0.25) is 0 Å². The van der Waals surface area contributed by atoms with Gasteiger partial charge in [0.2, 0.25) is 5.91 Å². The van der Waals surface area contributed by atoms with Crippen molar-refractivity contribution in [2.75, 3.05) is 6.54 Å². The Morgan fingerprint density at radius 3 is 1.20 bits per heavy atom. The Kier molecular flexibility index (Phi) is 34.0. The highest BCUT2D eigenvalue weighted by Gasteiger charge is 2.14. The van der Waals surface area contributed by atoms with Gasteiger partial charge in [-0.1, -0.05) is 168 Å². The third-order valence-corrected chi connectivity index (χ3v) is 9.03. The molecule has 0 saturated carbocycles. The molecule has 0 radical (unpaired) electrons. The minimum absolute atomic E-state index is 0.0124. The maximum absolute atomic E-state index is 12.7. The largest absolute Gasteiger partial charge is 0.480 e. The number of unbranched alkanes of at least 4 members (excludes halogenated alkanes) is 25. The lowest BCUT2D eigenvalue weighted by Gasteiger charge is -2.18. The van der Waals surface area contributed by atoms with E-state index in [0.29, 0.717) is 12.8 Å². The second kappa shape index (κ2) is 35.3. The van der Waals surface area contributed by atoms with E-state index in [4.69, 9.17) is 9.84 Å². The van der Waals surface area contributed by atoms with E-state index in [1.807, 2.05) is 0 Å². The van der Waals surface area contributed by atoms with E-state index in [0.717, 1.165) is 64.2 Å². The van der Waals surface area contributed by atoms with Crippen molar-refractivity contribution in [3.05, 3.63) is 0 Å². The van der Waals surface area contributed by atoms with Crippen molar-refractivity contribution in [1.29, 1.82) is 0 Å². The summed E-state index contributed by atoms with van der Waals surface area (Å²) >= 11 is 0. The fraction of sp³-hybridized carbons (Fsp3) is 0.923. The number of carboxylic acid groups (broad SMARTS) is 1. The zero-order chi connectivity index (χ0) is 33.1. The summed E-state index contributed by atoms with van der Waals surface area (Å²) in [6, 6.07) is 0. The van der Waals surface area contributed by atoms with E-state index < -0.39 is 5.97 Å². The van der Waals surface area contributed by atoms with Crippen molar-refractivity contribution in [3.63, 3.8) is 0 Å². The number of nitrogens with one attached hydrogen (secondary N) is 1. The third kappa shape index (κ3) is 35.1. The van der Waals surface area contributed by atoms with Gasteiger partial charge >= 0.3 is 11.9 Å². The van der Waals surface area contributed by atoms with Crippen LogP contribution in [0, 0.1) is 0 Å². The third-order valence-electron chi connectivity index (χ3n) is 9.03. The molecule has 0 bridgehead atoms. The number of carboxylic acids is 1. The van der Waals surface area contributed by atoms with Gasteiger partial charge in [-0.25, -0.2) is 0 Å². The number of ether oxygens (including phenoxy) is 1. The summed E-state index contributed by atoms with van der Waals surface area (Å²) in [4.78, 5) is 34.9. The van der Waals surface area contributed by atoms with Gasteiger partial charge in [-0.15, -0.1) is 0 Å². The molecule has 0 aliphatic heterocycles. The minimum Gasteiger partial charge on any atom is -0.480 e. The quantitative estimate of drug-likeness (QED) is 0.0526. The number of hydrogen-bond donors (Lipinski definition) is 2. The van der Waals surface area contributed by atoms with Gasteiger partial charge in [-0.2, -0.15) is 0 Å². The maximum Gasteiger partial charge on any atom is 0.322 e. The van der Waals surface area contributed by atoms with Crippen LogP contribution in [0.5, 0.6) is 0 Å². The number of amides is 1. The second-order valence-electron chi connectivity index (χ2n) is 13.6. The molecule has 0 fully saturated rings. The number of esters is 1. The summed E-state index contributed by atoms with van der Waals surface area (Å²) < 4.78 is 6.01. The molecule has 0 aromatic carbocycles. The van der Waals surface area contributed by atoms with Crippen LogP contribution in [0.25, 0.3) is 0 Å². The summed E-state index contributed by atoms with van der Waals surface area (Å²) in [6.07, 6.45) is 37.9. The average molecular weight is 638 g/mol. The van der Waals surface area contributed by atoms with E-state index in [9.17, 15) is 14.4 Å². The first-order valence-corrected chi connectivity index (χ1v) is 19.7. The van der Waals surface area contributed by atoms with E-state index in [-0.39, 0.29) is 24.5 Å². The number of carbonyl (C=O) groups is 3. The predicted octanol–water partition coefficient (Wildman–Crippen LogP) is 11.6. The molecule has 0 rings (SSSR count). The monoisotopic (exact) mass is 638 g/mol. The van der Waals surface area contributed by atoms with Crippen LogP contribution >= 0.6 is 0 Å². The topological polar surface area (TPSA) is 92.7 Å². The first kappa shape index (κ1) is 43.4. The zero-order valence-electron chi connectivity index (χ0n) is 30.0. The molecular weight excluding hydrogens is 562 g/mol. The van der Waals surface area contributed by atoms with Gasteiger partial charge < -0.3 is 15.2 Å². The maximum atomic E-state index is 12.7. The van der Waals surface area contributed by atoms with Gasteiger partial charge in [-0.3, -0.25) is 14.4 Å². The molecule has 0 spiro atoms. The van der Waals surface area contributed by atoms with E-state index in [2.05, 4.69) is 19.2 Å². The van der Waals surface area contributed by atoms with Crippen molar-refractivity contribution >= 4 is 17.8 Å². The molecule has 0 heterocycles. The molecule has 0 aliphatic rings. The van der Waals surface area contributed by atoms with Crippen molar-refractivity contribution in [2.24, 2.45) is 0 Å². The minimum atomic E-state index is -1.01. The highest BCUT2D eigenvalue weighted by molar-refractivity contribution is 5.80. The Morgan fingerprint density at radius 1 is 0.489 bits per heavy atom. The van der Waals surface area contributed by atoms with Crippen molar-refractivity contribution < 1.29 is 24.2 Å². The molecule has 1 amide bonds. The Morgan fingerprint density at radius 2 is 0.822 bits per heavy atom. The SMILES string of the molecule is CCCCCCCCCCCCCCCC(CCCCCCCC(=O)NCC(=O)O)OC(=O)CCCCCCCCCCCC. The molecule has 2 N–H and O–H groups in total. The first-order valence-electron chi connectivity index (χ1n) is 19.7. The van der Waals surface area contributed by atoms with Crippen LogP contribution in [0.1, 0.15) is 219 Å². The number of aliphatic carboxylic acids is 1. The number of hydrogen-bond acceptors (Lipinski definition) is 4. The number of rotatable bonds is 36. The van der Waals surface area contributed by atoms with Gasteiger partial charge in [0.1, 0.15) is 12.6 Å². The lowest BCUT2D eigenvalue weighted by Crippen LogP contribution is -2.28. The lowest BCUT2D eigenvalue weighted by atomic mass is 10.0. The second-order valence-corrected chi connectivity index (χ2v) is 13.6. The van der Waals surface area contributed by atoms with E-state index in [1.165, 1.54) is 128 Å². The average Bonchev–Trinajstić information content (AvgIpc) is 3.02. The molecule has 0 aromatic heterocycles. The molecule has 1 atom stereocenters. The summed E-state index contributed by atoms with van der Waals surface area (Å²) in [7, 11) is 0. The van der Waals surface area contributed by atoms with Crippen LogP contribution in [-0.4, -0.2) is 35.6 Å². The van der Waals surface area contributed by atoms with Gasteiger partial charge in [0.05, 0.1) is 0 Å². The molecule has 45 heavy (non-hydrogen) atoms. The van der Waals surface area contributed by atoms with Crippen LogP contribution in [0.15, 0.2) is 0 Å². The summed E-state index contributed by atoms with van der Waals surface area (Å²) in [6.45, 7) is 4.23. The highest BCUT2D eigenvalue weighted by Crippen LogP contribution is 2.19. The van der Waals surface area contributed by atoms with Crippen molar-refractivity contribution in [1.82, 2.24) is 5.32 Å². The smallest absolute Gasteiger partial charge is 0.322 e. The molecule has 266 valence electrons. The zero-order valence-corrected chi connectivity index (χ0v) is 30.0. The highest BCUT2D eigenvalue weighted by atomic mass is 16.5. The normalized spacial score (nSPS) is 11.9. The van der Waals surface area contributed by atoms with Gasteiger partial charge in [0, 0.05) is 12.8 Å². The van der Waals surface area contributed by atoms with Crippen molar-refractivity contribution in [2.45, 2.75) is 225 Å². The predicted molar refractivity (Wildman–Crippen MR) is 190 cm³/mol. The molecule has 6 nitrogen and oxygen atoms in total. The molecule has 0 saturated heterocycles.